The summed E-state index contributed by atoms with van der Waals surface area (Å²) >= 11 is 0. The van der Waals surface area contributed by atoms with E-state index >= 15 is 0 Å². The molecule has 0 fully saturated rings. The minimum absolute atomic E-state index is 0.0539. The van der Waals surface area contributed by atoms with Crippen LogP contribution in [0.3, 0.4) is 0 Å². The van der Waals surface area contributed by atoms with Crippen molar-refractivity contribution in [3.05, 3.63) is 87.2 Å². The third-order valence-electron chi connectivity index (χ3n) is 4.27. The number of hydrogen-bond acceptors (Lipinski definition) is 7. The van der Waals surface area contributed by atoms with E-state index in [9.17, 15) is 14.9 Å². The lowest BCUT2D eigenvalue weighted by Gasteiger charge is -2.12. The number of anilines is 2. The zero-order valence-electron chi connectivity index (χ0n) is 16.0. The lowest BCUT2D eigenvalue weighted by atomic mass is 10.1. The highest BCUT2D eigenvalue weighted by Gasteiger charge is 2.23. The highest BCUT2D eigenvalue weighted by atomic mass is 16.6. The Kier molecular flexibility index (Phi) is 5.98. The first-order chi connectivity index (χ1) is 14.0. The molecule has 0 bridgehead atoms. The highest BCUT2D eigenvalue weighted by Crippen LogP contribution is 2.28. The van der Waals surface area contributed by atoms with Crippen molar-refractivity contribution < 1.29 is 9.72 Å². The molecule has 1 amide bonds. The zero-order valence-corrected chi connectivity index (χ0v) is 16.0. The molecule has 9 heteroatoms. The van der Waals surface area contributed by atoms with Crippen molar-refractivity contribution in [2.45, 2.75) is 20.4 Å². The molecule has 29 heavy (non-hydrogen) atoms. The molecule has 148 valence electrons. The van der Waals surface area contributed by atoms with Gasteiger partial charge in [0.05, 0.1) is 4.92 Å². The summed E-state index contributed by atoms with van der Waals surface area (Å²) in [6.45, 7) is 4.14. The second-order valence-corrected chi connectivity index (χ2v) is 6.41. The van der Waals surface area contributed by atoms with Crippen LogP contribution in [-0.4, -0.2) is 20.8 Å². The third kappa shape index (κ3) is 4.83. The zero-order chi connectivity index (χ0) is 20.8. The molecule has 1 heterocycles. The Bertz CT molecular complexity index is 1040. The first-order valence-electron chi connectivity index (χ1n) is 8.86. The maximum absolute atomic E-state index is 12.3. The average molecular weight is 392 g/mol. The molecule has 0 aliphatic heterocycles. The number of benzene rings is 2. The molecule has 3 N–H and O–H groups in total. The van der Waals surface area contributed by atoms with Crippen molar-refractivity contribution in [1.82, 2.24) is 15.4 Å². The van der Waals surface area contributed by atoms with Gasteiger partial charge in [0, 0.05) is 12.1 Å². The van der Waals surface area contributed by atoms with Crippen molar-refractivity contribution in [2.24, 2.45) is 0 Å². The molecule has 0 spiro atoms. The van der Waals surface area contributed by atoms with Crippen molar-refractivity contribution in [3.63, 3.8) is 0 Å². The summed E-state index contributed by atoms with van der Waals surface area (Å²) in [5.74, 6) is -0.485. The van der Waals surface area contributed by atoms with Gasteiger partial charge in [0.15, 0.2) is 0 Å². The first kappa shape index (κ1) is 19.7. The van der Waals surface area contributed by atoms with E-state index in [1.807, 2.05) is 37.3 Å². The molecule has 0 saturated heterocycles. The molecule has 0 aliphatic rings. The van der Waals surface area contributed by atoms with Crippen molar-refractivity contribution >= 4 is 23.2 Å². The third-order valence-corrected chi connectivity index (χ3v) is 4.27. The van der Waals surface area contributed by atoms with Gasteiger partial charge in [-0.3, -0.25) is 25.8 Å². The van der Waals surface area contributed by atoms with Crippen LogP contribution in [0.15, 0.2) is 54.9 Å². The number of hydrogen-bond donors (Lipinski definition) is 3. The van der Waals surface area contributed by atoms with Crippen LogP contribution >= 0.6 is 0 Å². The van der Waals surface area contributed by atoms with Gasteiger partial charge < -0.3 is 5.32 Å². The fraction of sp³-hybridized carbons (Fsp3) is 0.150. The fourth-order valence-corrected chi connectivity index (χ4v) is 2.68. The number of carbonyl (C=O) groups excluding carboxylic acids is 1. The predicted octanol–water partition coefficient (Wildman–Crippen LogP) is 3.37. The summed E-state index contributed by atoms with van der Waals surface area (Å²) in [7, 11) is 0. The van der Waals surface area contributed by atoms with Crippen LogP contribution in [0.1, 0.15) is 27.0 Å². The summed E-state index contributed by atoms with van der Waals surface area (Å²) in [6.07, 6.45) is 1.19. The average Bonchev–Trinajstić information content (AvgIpc) is 2.71. The predicted molar refractivity (Wildman–Crippen MR) is 109 cm³/mol. The number of aromatic nitrogens is 2. The van der Waals surface area contributed by atoms with Gasteiger partial charge in [-0.1, -0.05) is 48.0 Å². The van der Waals surface area contributed by atoms with E-state index in [0.717, 1.165) is 16.7 Å². The van der Waals surface area contributed by atoms with Gasteiger partial charge in [0.2, 0.25) is 11.6 Å². The van der Waals surface area contributed by atoms with E-state index in [0.29, 0.717) is 12.1 Å². The molecule has 0 radical (unpaired) electrons. The molecule has 3 aromatic rings. The number of rotatable bonds is 7. The number of amides is 1. The van der Waals surface area contributed by atoms with Gasteiger partial charge in [-0.25, -0.2) is 9.97 Å². The van der Waals surface area contributed by atoms with Crippen molar-refractivity contribution in [2.75, 3.05) is 10.7 Å². The normalized spacial score (nSPS) is 10.3. The second-order valence-electron chi connectivity index (χ2n) is 6.41. The van der Waals surface area contributed by atoms with Crippen LogP contribution in [-0.2, 0) is 6.54 Å². The molecule has 0 atom stereocenters. The molecule has 1 aromatic heterocycles. The molecule has 0 aliphatic carbocycles. The number of nitrogens with one attached hydrogen (secondary N) is 3. The van der Waals surface area contributed by atoms with Crippen LogP contribution in [0.25, 0.3) is 0 Å². The summed E-state index contributed by atoms with van der Waals surface area (Å²) in [6, 6.07) is 14.8. The van der Waals surface area contributed by atoms with Gasteiger partial charge in [0.25, 0.3) is 5.91 Å². The SMILES string of the molecule is Cc1ccc(CNc2ncnc(NNC(=O)c3ccccc3C)c2[N+](=O)[O-])cc1. The lowest BCUT2D eigenvalue weighted by Crippen LogP contribution is -2.30. The van der Waals surface area contributed by atoms with E-state index < -0.39 is 10.8 Å². The number of aryl methyl sites for hydroxylation is 2. The summed E-state index contributed by atoms with van der Waals surface area (Å²) in [5, 5.41) is 14.6. The Morgan fingerprint density at radius 1 is 1.03 bits per heavy atom. The maximum Gasteiger partial charge on any atom is 0.354 e. The van der Waals surface area contributed by atoms with Gasteiger partial charge in [-0.2, -0.15) is 0 Å². The monoisotopic (exact) mass is 392 g/mol. The minimum Gasteiger partial charge on any atom is -0.360 e. The molecule has 9 nitrogen and oxygen atoms in total. The molecule has 0 unspecified atom stereocenters. The van der Waals surface area contributed by atoms with Gasteiger partial charge in [0.1, 0.15) is 6.33 Å². The van der Waals surface area contributed by atoms with Crippen LogP contribution in [0.2, 0.25) is 0 Å². The van der Waals surface area contributed by atoms with E-state index in [1.54, 1.807) is 25.1 Å². The quantitative estimate of drug-likeness (QED) is 0.416. The van der Waals surface area contributed by atoms with E-state index in [2.05, 4.69) is 26.1 Å². The Morgan fingerprint density at radius 2 is 1.72 bits per heavy atom. The number of carbonyl (C=O) groups is 1. The molecule has 2 aromatic carbocycles. The van der Waals surface area contributed by atoms with Gasteiger partial charge in [-0.05, 0) is 31.0 Å². The summed E-state index contributed by atoms with van der Waals surface area (Å²) in [5.41, 5.74) is 7.93. The number of nitrogens with zero attached hydrogens (tertiary/aromatic N) is 3. The maximum atomic E-state index is 12.3. The van der Waals surface area contributed by atoms with E-state index in [4.69, 9.17) is 0 Å². The van der Waals surface area contributed by atoms with Crippen LogP contribution < -0.4 is 16.2 Å². The fourth-order valence-electron chi connectivity index (χ4n) is 2.68. The van der Waals surface area contributed by atoms with Gasteiger partial charge in [-0.15, -0.1) is 0 Å². The van der Waals surface area contributed by atoms with E-state index in [-0.39, 0.29) is 17.3 Å². The lowest BCUT2D eigenvalue weighted by molar-refractivity contribution is -0.383. The van der Waals surface area contributed by atoms with Crippen LogP contribution in [0.4, 0.5) is 17.3 Å². The van der Waals surface area contributed by atoms with Crippen molar-refractivity contribution in [3.8, 4) is 0 Å². The second kappa shape index (κ2) is 8.79. The highest BCUT2D eigenvalue weighted by molar-refractivity contribution is 5.96. The summed E-state index contributed by atoms with van der Waals surface area (Å²) < 4.78 is 0. The minimum atomic E-state index is -0.597. The topological polar surface area (TPSA) is 122 Å². The Labute approximate surface area is 167 Å². The number of nitro groups is 1. The van der Waals surface area contributed by atoms with Gasteiger partial charge >= 0.3 is 5.69 Å². The molecular weight excluding hydrogens is 372 g/mol. The Balaban J connectivity index is 1.76. The molecule has 3 rings (SSSR count). The summed E-state index contributed by atoms with van der Waals surface area (Å²) in [4.78, 5) is 31.2. The smallest absolute Gasteiger partial charge is 0.354 e. The van der Waals surface area contributed by atoms with E-state index in [1.165, 1.54) is 6.33 Å². The Hall–Kier alpha value is -4.01. The number of hydrazine groups is 1. The largest absolute Gasteiger partial charge is 0.360 e. The van der Waals surface area contributed by atoms with Crippen molar-refractivity contribution in [1.29, 1.82) is 0 Å². The first-order valence-corrected chi connectivity index (χ1v) is 8.86. The molecular formula is C20H20N6O3. The van der Waals surface area contributed by atoms with Crippen LogP contribution in [0.5, 0.6) is 0 Å². The van der Waals surface area contributed by atoms with Crippen LogP contribution in [0, 0.1) is 24.0 Å². The molecule has 0 saturated carbocycles. The standard InChI is InChI=1S/C20H20N6O3/c1-13-7-9-15(10-8-13)11-21-18-17(26(28)29)19(23-12-22-18)24-25-20(27)16-6-4-3-5-14(16)2/h3-10,12H,11H2,1-2H3,(H,25,27)(H2,21,22,23,24). The Morgan fingerprint density at radius 3 is 2.41 bits per heavy atom.